The molecule has 1 saturated heterocycles. The summed E-state index contributed by atoms with van der Waals surface area (Å²) in [7, 11) is 5.23. The zero-order valence-corrected chi connectivity index (χ0v) is 21.4. The number of anilines is 2. The van der Waals surface area contributed by atoms with Crippen LogP contribution in [0.4, 0.5) is 11.8 Å². The average molecular weight is 490 g/mol. The second kappa shape index (κ2) is 9.58. The lowest BCUT2D eigenvalue weighted by atomic mass is 9.69. The number of rotatable bonds is 8. The normalized spacial score (nSPS) is 18.9. The number of methoxy groups -OCH3 is 2. The van der Waals surface area contributed by atoms with Crippen molar-refractivity contribution in [2.45, 2.75) is 43.1 Å². The fourth-order valence-electron chi connectivity index (χ4n) is 5.92. The highest BCUT2D eigenvalue weighted by molar-refractivity contribution is 5.91. The van der Waals surface area contributed by atoms with E-state index in [4.69, 9.17) is 20.2 Å². The molecule has 5 rings (SSSR count). The molecule has 0 atom stereocenters. The molecule has 2 N–H and O–H groups in total. The summed E-state index contributed by atoms with van der Waals surface area (Å²) >= 11 is 0. The SMILES string of the molecule is COc1cc2nc(N(C)CC3(c4ccccc4)CCN(C4(C=O)CCC4)CC3)nc(N)c2cc1OC. The van der Waals surface area contributed by atoms with Gasteiger partial charge in [-0.2, -0.15) is 4.98 Å². The van der Waals surface area contributed by atoms with Crippen LogP contribution in [0.3, 0.4) is 0 Å². The van der Waals surface area contributed by atoms with Crippen molar-refractivity contribution in [2.75, 3.05) is 51.5 Å². The molecule has 2 aromatic carbocycles. The van der Waals surface area contributed by atoms with Gasteiger partial charge < -0.3 is 24.9 Å². The first-order valence-corrected chi connectivity index (χ1v) is 12.6. The number of fused-ring (bicyclic) bond motifs is 1. The largest absolute Gasteiger partial charge is 0.493 e. The van der Waals surface area contributed by atoms with Crippen LogP contribution in [0, 0.1) is 0 Å². The van der Waals surface area contributed by atoms with E-state index in [1.807, 2.05) is 19.2 Å². The number of carbonyl (C=O) groups is 1. The van der Waals surface area contributed by atoms with Gasteiger partial charge in [0.2, 0.25) is 5.95 Å². The van der Waals surface area contributed by atoms with Gasteiger partial charge in [-0.1, -0.05) is 30.3 Å². The van der Waals surface area contributed by atoms with Gasteiger partial charge >= 0.3 is 0 Å². The van der Waals surface area contributed by atoms with Crippen LogP contribution in [0.1, 0.15) is 37.7 Å². The van der Waals surface area contributed by atoms with Crippen LogP contribution in [0.5, 0.6) is 11.5 Å². The minimum atomic E-state index is -0.245. The highest BCUT2D eigenvalue weighted by Gasteiger charge is 2.47. The molecular weight excluding hydrogens is 454 g/mol. The Kier molecular flexibility index (Phi) is 6.47. The first kappa shape index (κ1) is 24.3. The van der Waals surface area contributed by atoms with Crippen molar-refractivity contribution in [1.82, 2.24) is 14.9 Å². The zero-order chi connectivity index (χ0) is 25.3. The molecule has 0 amide bonds. The third-order valence-electron chi connectivity index (χ3n) is 8.28. The lowest BCUT2D eigenvalue weighted by Crippen LogP contribution is -2.60. The highest BCUT2D eigenvalue weighted by Crippen LogP contribution is 2.43. The number of aromatic nitrogens is 2. The van der Waals surface area contributed by atoms with Gasteiger partial charge in [-0.05, 0) is 43.7 Å². The van der Waals surface area contributed by atoms with Crippen LogP contribution >= 0.6 is 0 Å². The molecular formula is C28H35N5O3. The van der Waals surface area contributed by atoms with Crippen LogP contribution in [0.25, 0.3) is 10.9 Å². The molecule has 2 fully saturated rings. The molecule has 0 spiro atoms. The molecule has 1 aliphatic carbocycles. The average Bonchev–Trinajstić information content (AvgIpc) is 2.89. The molecule has 8 heteroatoms. The van der Waals surface area contributed by atoms with Gasteiger partial charge in [0.1, 0.15) is 12.1 Å². The van der Waals surface area contributed by atoms with Gasteiger partial charge in [-0.3, -0.25) is 4.90 Å². The number of piperidine rings is 1. The molecule has 190 valence electrons. The van der Waals surface area contributed by atoms with E-state index in [1.165, 1.54) is 11.8 Å². The molecule has 0 unspecified atom stereocenters. The van der Waals surface area contributed by atoms with Gasteiger partial charge in [-0.25, -0.2) is 4.98 Å². The number of aldehydes is 1. The number of likely N-dealkylation sites (tertiary alicyclic amines) is 1. The van der Waals surface area contributed by atoms with Crippen LogP contribution in [-0.4, -0.2) is 67.6 Å². The summed E-state index contributed by atoms with van der Waals surface area (Å²) in [6.07, 6.45) is 6.21. The van der Waals surface area contributed by atoms with E-state index >= 15 is 0 Å². The van der Waals surface area contributed by atoms with Gasteiger partial charge in [0, 0.05) is 43.5 Å². The van der Waals surface area contributed by atoms with Crippen molar-refractivity contribution in [3.63, 3.8) is 0 Å². The van der Waals surface area contributed by atoms with Crippen LogP contribution in [0.15, 0.2) is 42.5 Å². The third kappa shape index (κ3) is 4.13. The van der Waals surface area contributed by atoms with E-state index in [9.17, 15) is 4.79 Å². The molecule has 1 aliphatic heterocycles. The number of hydrogen-bond donors (Lipinski definition) is 1. The van der Waals surface area contributed by atoms with Crippen molar-refractivity contribution in [2.24, 2.45) is 0 Å². The molecule has 2 aliphatic rings. The minimum Gasteiger partial charge on any atom is -0.493 e. The number of ether oxygens (including phenoxy) is 2. The van der Waals surface area contributed by atoms with Gasteiger partial charge in [0.05, 0.1) is 25.3 Å². The van der Waals surface area contributed by atoms with Crippen molar-refractivity contribution in [3.8, 4) is 11.5 Å². The van der Waals surface area contributed by atoms with Crippen LogP contribution in [-0.2, 0) is 10.2 Å². The summed E-state index contributed by atoms with van der Waals surface area (Å²) in [5.41, 5.74) is 8.07. The van der Waals surface area contributed by atoms with E-state index < -0.39 is 0 Å². The zero-order valence-electron chi connectivity index (χ0n) is 21.4. The molecule has 0 bridgehead atoms. The Morgan fingerprint density at radius 1 is 1.03 bits per heavy atom. The number of nitrogen functional groups attached to an aromatic ring is 1. The predicted molar refractivity (Wildman–Crippen MR) is 142 cm³/mol. The number of hydrogen-bond acceptors (Lipinski definition) is 8. The number of nitrogens with zero attached hydrogens (tertiary/aromatic N) is 4. The molecule has 1 saturated carbocycles. The number of nitrogens with two attached hydrogens (primary N) is 1. The topological polar surface area (TPSA) is 93.8 Å². The number of likely N-dealkylation sites (N-methyl/N-ethyl adjacent to an activating group) is 1. The monoisotopic (exact) mass is 489 g/mol. The second-order valence-corrected chi connectivity index (χ2v) is 10.2. The Hall–Kier alpha value is -3.39. The summed E-state index contributed by atoms with van der Waals surface area (Å²) < 4.78 is 10.9. The fraction of sp³-hybridized carbons (Fsp3) is 0.464. The van der Waals surface area contributed by atoms with Crippen molar-refractivity contribution in [3.05, 3.63) is 48.0 Å². The minimum absolute atomic E-state index is 0.0784. The van der Waals surface area contributed by atoms with Crippen molar-refractivity contribution in [1.29, 1.82) is 0 Å². The molecule has 36 heavy (non-hydrogen) atoms. The second-order valence-electron chi connectivity index (χ2n) is 10.2. The van der Waals surface area contributed by atoms with Crippen LogP contribution < -0.4 is 20.1 Å². The number of carbonyl (C=O) groups excluding carboxylic acids is 1. The quantitative estimate of drug-likeness (QED) is 0.478. The first-order valence-electron chi connectivity index (χ1n) is 12.6. The molecule has 8 nitrogen and oxygen atoms in total. The van der Waals surface area contributed by atoms with E-state index in [2.05, 4.69) is 45.1 Å². The lowest BCUT2D eigenvalue weighted by Gasteiger charge is -2.52. The maximum Gasteiger partial charge on any atom is 0.227 e. The van der Waals surface area contributed by atoms with E-state index in [-0.39, 0.29) is 11.0 Å². The van der Waals surface area contributed by atoms with E-state index in [1.54, 1.807) is 14.2 Å². The third-order valence-corrected chi connectivity index (χ3v) is 8.28. The standard InChI is InChI=1S/C28H35N5O3/c1-32(26-30-22-17-24(36-3)23(35-2)16-21(22)25(29)31-26)18-27(20-8-5-4-6-9-20)12-14-33(15-13-27)28(19-34)10-7-11-28/h4-6,8-9,16-17,19H,7,10-15,18H2,1-3H3,(H2,29,30,31). The predicted octanol–water partition coefficient (Wildman–Crippen LogP) is 3.82. The summed E-state index contributed by atoms with van der Waals surface area (Å²) in [4.78, 5) is 25.9. The van der Waals surface area contributed by atoms with Gasteiger partial charge in [0.25, 0.3) is 0 Å². The summed E-state index contributed by atoms with van der Waals surface area (Å²) in [6.45, 7) is 2.55. The molecule has 0 radical (unpaired) electrons. The Morgan fingerprint density at radius 2 is 1.69 bits per heavy atom. The first-order chi connectivity index (χ1) is 17.4. The van der Waals surface area contributed by atoms with Crippen molar-refractivity contribution >= 4 is 29.0 Å². The Morgan fingerprint density at radius 3 is 2.28 bits per heavy atom. The number of benzene rings is 2. The maximum absolute atomic E-state index is 11.9. The summed E-state index contributed by atoms with van der Waals surface area (Å²) in [5, 5.41) is 0.732. The molecule has 2 heterocycles. The highest BCUT2D eigenvalue weighted by atomic mass is 16.5. The Balaban J connectivity index is 1.45. The molecule has 1 aromatic heterocycles. The summed E-state index contributed by atoms with van der Waals surface area (Å²) in [5.74, 6) is 2.18. The summed E-state index contributed by atoms with van der Waals surface area (Å²) in [6, 6.07) is 14.4. The van der Waals surface area contributed by atoms with Gasteiger partial charge in [0.15, 0.2) is 11.5 Å². The Labute approximate surface area is 212 Å². The van der Waals surface area contributed by atoms with E-state index in [0.717, 1.165) is 57.1 Å². The Bertz CT molecular complexity index is 1240. The molecule has 3 aromatic rings. The fourth-order valence-corrected chi connectivity index (χ4v) is 5.92. The lowest BCUT2D eigenvalue weighted by molar-refractivity contribution is -0.126. The smallest absolute Gasteiger partial charge is 0.227 e. The van der Waals surface area contributed by atoms with E-state index in [0.29, 0.717) is 28.8 Å². The van der Waals surface area contributed by atoms with Gasteiger partial charge in [-0.15, -0.1) is 0 Å². The maximum atomic E-state index is 11.9. The van der Waals surface area contributed by atoms with Crippen molar-refractivity contribution < 1.29 is 14.3 Å². The van der Waals surface area contributed by atoms with Crippen LogP contribution in [0.2, 0.25) is 0 Å².